The van der Waals surface area contributed by atoms with Gasteiger partial charge in [0.1, 0.15) is 4.83 Å². The molecule has 1 heterocycles. The largest absolute Gasteiger partial charge is 0.327 e. The van der Waals surface area contributed by atoms with Crippen molar-refractivity contribution in [3.63, 3.8) is 0 Å². The molecule has 108 valence electrons. The van der Waals surface area contributed by atoms with Crippen molar-refractivity contribution < 1.29 is 9.59 Å². The molecule has 1 unspecified atom stereocenters. The van der Waals surface area contributed by atoms with Crippen LogP contribution in [-0.2, 0) is 4.79 Å². The average Bonchev–Trinajstić information content (AvgIpc) is 2.70. The number of amides is 3. The number of rotatable bonds is 3. The highest BCUT2D eigenvalue weighted by atomic mass is 79.9. The Balaban J connectivity index is 2.40. The first-order chi connectivity index (χ1) is 9.49. The van der Waals surface area contributed by atoms with Crippen LogP contribution in [0, 0.1) is 0 Å². The molecule has 0 saturated carbocycles. The monoisotopic (exact) mass is 402 g/mol. The van der Waals surface area contributed by atoms with Gasteiger partial charge in [-0.2, -0.15) is 0 Å². The number of hydrogen-bond acceptors (Lipinski definition) is 2. The first-order valence-corrected chi connectivity index (χ1v) is 8.37. The minimum absolute atomic E-state index is 0.0520. The maximum atomic E-state index is 12.5. The van der Waals surface area contributed by atoms with Gasteiger partial charge in [-0.05, 0) is 12.5 Å². The fraction of sp³-hybridized carbons (Fsp3) is 0.429. The number of benzene rings is 1. The Hall–Kier alpha value is -0.880. The summed E-state index contributed by atoms with van der Waals surface area (Å²) in [5.41, 5.74) is 0.973. The molecule has 1 aliphatic rings. The molecule has 1 fully saturated rings. The number of hydrogen-bond donors (Lipinski definition) is 0. The molecule has 0 N–H and O–H groups in total. The Morgan fingerprint density at radius 3 is 2.50 bits per heavy atom. The molecule has 1 saturated heterocycles. The van der Waals surface area contributed by atoms with Gasteiger partial charge in [-0.3, -0.25) is 9.69 Å². The van der Waals surface area contributed by atoms with E-state index in [4.69, 9.17) is 0 Å². The molecular weight excluding hydrogens is 388 g/mol. The Labute approximate surface area is 135 Å². The van der Waals surface area contributed by atoms with Crippen LogP contribution in [0.4, 0.5) is 4.79 Å². The van der Waals surface area contributed by atoms with Crippen LogP contribution in [0.3, 0.4) is 0 Å². The fourth-order valence-corrected chi connectivity index (χ4v) is 2.91. The van der Waals surface area contributed by atoms with Crippen LogP contribution >= 0.6 is 31.9 Å². The summed E-state index contributed by atoms with van der Waals surface area (Å²) in [6.07, 6.45) is 0. The minimum atomic E-state index is -0.406. The second kappa shape index (κ2) is 6.26. The molecule has 0 aliphatic carbocycles. The van der Waals surface area contributed by atoms with Gasteiger partial charge in [0, 0.05) is 12.4 Å². The molecule has 6 heteroatoms. The van der Waals surface area contributed by atoms with Crippen molar-refractivity contribution in [2.75, 3.05) is 12.4 Å². The lowest BCUT2D eigenvalue weighted by molar-refractivity contribution is -0.128. The number of halogens is 2. The summed E-state index contributed by atoms with van der Waals surface area (Å²) in [4.78, 5) is 27.4. The van der Waals surface area contributed by atoms with Gasteiger partial charge in [0.15, 0.2) is 0 Å². The van der Waals surface area contributed by atoms with Crippen molar-refractivity contribution in [2.24, 2.45) is 0 Å². The molecule has 3 atom stereocenters. The summed E-state index contributed by atoms with van der Waals surface area (Å²) in [6, 6.07) is 9.11. The zero-order valence-corrected chi connectivity index (χ0v) is 14.5. The van der Waals surface area contributed by atoms with Gasteiger partial charge in [-0.15, -0.1) is 0 Å². The van der Waals surface area contributed by atoms with Gasteiger partial charge in [-0.1, -0.05) is 62.2 Å². The third-order valence-corrected chi connectivity index (χ3v) is 5.87. The second-order valence-electron chi connectivity index (χ2n) is 4.82. The van der Waals surface area contributed by atoms with E-state index in [9.17, 15) is 9.59 Å². The van der Waals surface area contributed by atoms with E-state index in [1.54, 1.807) is 11.9 Å². The van der Waals surface area contributed by atoms with Crippen LogP contribution in [0.2, 0.25) is 0 Å². The minimum Gasteiger partial charge on any atom is -0.322 e. The summed E-state index contributed by atoms with van der Waals surface area (Å²) >= 11 is 6.58. The lowest BCUT2D eigenvalue weighted by Crippen LogP contribution is -2.41. The smallest absolute Gasteiger partial charge is 0.322 e. The van der Waals surface area contributed by atoms with Crippen molar-refractivity contribution >= 4 is 43.8 Å². The Bertz CT molecular complexity index is 509. The Kier molecular flexibility index (Phi) is 4.86. The number of alkyl halides is 2. The van der Waals surface area contributed by atoms with Crippen LogP contribution in [0.1, 0.15) is 18.5 Å². The molecule has 1 aromatic rings. The number of carbonyl (C=O) groups is 2. The molecule has 0 radical (unpaired) electrons. The molecule has 2 rings (SSSR count). The van der Waals surface area contributed by atoms with Gasteiger partial charge in [0.05, 0.1) is 12.1 Å². The zero-order valence-electron chi connectivity index (χ0n) is 11.3. The van der Waals surface area contributed by atoms with E-state index in [2.05, 4.69) is 31.9 Å². The Morgan fingerprint density at radius 1 is 1.35 bits per heavy atom. The first-order valence-electron chi connectivity index (χ1n) is 6.34. The summed E-state index contributed by atoms with van der Waals surface area (Å²) in [5.74, 6) is -0.211. The van der Waals surface area contributed by atoms with Crippen LogP contribution in [0.25, 0.3) is 0 Å². The van der Waals surface area contributed by atoms with E-state index in [-0.39, 0.29) is 24.0 Å². The highest BCUT2D eigenvalue weighted by molar-refractivity contribution is 9.12. The molecule has 3 amide bonds. The summed E-state index contributed by atoms with van der Waals surface area (Å²) in [7, 11) is 1.73. The topological polar surface area (TPSA) is 40.6 Å². The summed E-state index contributed by atoms with van der Waals surface area (Å²) in [6.45, 7) is 1.96. The van der Waals surface area contributed by atoms with Crippen LogP contribution in [0.5, 0.6) is 0 Å². The van der Waals surface area contributed by atoms with Gasteiger partial charge < -0.3 is 4.90 Å². The third-order valence-electron chi connectivity index (χ3n) is 3.64. The fourth-order valence-electron chi connectivity index (χ4n) is 2.42. The van der Waals surface area contributed by atoms with Crippen molar-refractivity contribution in [1.29, 1.82) is 0 Å². The maximum Gasteiger partial charge on any atom is 0.327 e. The van der Waals surface area contributed by atoms with Crippen LogP contribution < -0.4 is 0 Å². The van der Waals surface area contributed by atoms with Crippen molar-refractivity contribution in [3.8, 4) is 0 Å². The highest BCUT2D eigenvalue weighted by Crippen LogP contribution is 2.35. The van der Waals surface area contributed by atoms with Crippen molar-refractivity contribution in [3.05, 3.63) is 35.9 Å². The lowest BCUT2D eigenvalue weighted by atomic mass is 10.0. The number of nitrogens with zero attached hydrogens (tertiary/aromatic N) is 2. The molecular formula is C14H16Br2N2O2. The van der Waals surface area contributed by atoms with E-state index < -0.39 is 4.83 Å². The van der Waals surface area contributed by atoms with E-state index in [1.807, 2.05) is 37.3 Å². The Morgan fingerprint density at radius 2 is 1.95 bits per heavy atom. The molecule has 0 bridgehead atoms. The van der Waals surface area contributed by atoms with E-state index >= 15 is 0 Å². The van der Waals surface area contributed by atoms with Gasteiger partial charge in [-0.25, -0.2) is 4.79 Å². The lowest BCUT2D eigenvalue weighted by Gasteiger charge is -2.25. The standard InChI is InChI=1S/C14H16Br2N2O2/c1-9-12(10-6-4-3-5-7-10)18(14(20)17(9)2)13(19)11(16)8-15/h3-7,9,11-12H,8H2,1-2H3/t9-,11?,12-/m0/s1. The third kappa shape index (κ3) is 2.63. The van der Waals surface area contributed by atoms with E-state index in [0.717, 1.165) is 5.56 Å². The van der Waals surface area contributed by atoms with E-state index in [0.29, 0.717) is 5.33 Å². The molecule has 20 heavy (non-hydrogen) atoms. The number of carbonyl (C=O) groups excluding carboxylic acids is 2. The molecule has 1 aliphatic heterocycles. The maximum absolute atomic E-state index is 12.5. The van der Waals surface area contributed by atoms with Gasteiger partial charge in [0.25, 0.3) is 0 Å². The highest BCUT2D eigenvalue weighted by Gasteiger charge is 2.46. The number of urea groups is 1. The van der Waals surface area contributed by atoms with Crippen molar-refractivity contribution in [2.45, 2.75) is 23.8 Å². The quantitative estimate of drug-likeness (QED) is 0.727. The van der Waals surface area contributed by atoms with Crippen LogP contribution in [0.15, 0.2) is 30.3 Å². The van der Waals surface area contributed by atoms with E-state index in [1.165, 1.54) is 4.90 Å². The summed E-state index contributed by atoms with van der Waals surface area (Å²) < 4.78 is 0. The average molecular weight is 404 g/mol. The number of imide groups is 1. The molecule has 0 aromatic heterocycles. The predicted octanol–water partition coefficient (Wildman–Crippen LogP) is 3.17. The zero-order chi connectivity index (χ0) is 14.9. The number of likely N-dealkylation sites (N-methyl/N-ethyl adjacent to an activating group) is 1. The molecule has 0 spiro atoms. The predicted molar refractivity (Wildman–Crippen MR) is 85.2 cm³/mol. The van der Waals surface area contributed by atoms with Crippen LogP contribution in [-0.4, -0.2) is 45.0 Å². The normalized spacial score (nSPS) is 24.1. The molecule has 4 nitrogen and oxygen atoms in total. The van der Waals surface area contributed by atoms with Gasteiger partial charge in [0.2, 0.25) is 5.91 Å². The SMILES string of the molecule is C[C@H]1[C@@H](c2ccccc2)N(C(=O)C(Br)CBr)C(=O)N1C. The first kappa shape index (κ1) is 15.5. The summed E-state index contributed by atoms with van der Waals surface area (Å²) in [5, 5.41) is 0.467. The molecule has 1 aromatic carbocycles. The van der Waals surface area contributed by atoms with Crippen molar-refractivity contribution in [1.82, 2.24) is 9.80 Å². The van der Waals surface area contributed by atoms with Gasteiger partial charge >= 0.3 is 6.03 Å². The second-order valence-corrected chi connectivity index (χ2v) is 6.57.